The molecule has 2 fully saturated rings. The number of rotatable bonds is 6. The van der Waals surface area contributed by atoms with Crippen LogP contribution in [0.2, 0.25) is 0 Å². The average Bonchev–Trinajstić information content (AvgIpc) is 3.49. The normalized spacial score (nSPS) is 16.5. The van der Waals surface area contributed by atoms with Crippen molar-refractivity contribution in [3.05, 3.63) is 82.9 Å². The van der Waals surface area contributed by atoms with Gasteiger partial charge in [0, 0.05) is 54.7 Å². The summed E-state index contributed by atoms with van der Waals surface area (Å²) in [5.74, 6) is -0.227. The Hall–Kier alpha value is -3.94. The van der Waals surface area contributed by atoms with Gasteiger partial charge in [-0.1, -0.05) is 30.3 Å². The number of hydrogen-bond donors (Lipinski definition) is 0. The summed E-state index contributed by atoms with van der Waals surface area (Å²) < 4.78 is 29.4. The topological polar surface area (TPSA) is 93.7 Å². The number of aliphatic imine (C=N–C) groups is 1. The highest BCUT2D eigenvalue weighted by Crippen LogP contribution is 2.54. The molecule has 0 bridgehead atoms. The lowest BCUT2D eigenvalue weighted by Crippen LogP contribution is -2.34. The van der Waals surface area contributed by atoms with Gasteiger partial charge in [-0.05, 0) is 60.9 Å². The number of fused-ring (bicyclic) bond motifs is 1. The standard InChI is InChI=1S/C29H28N4O4S/c1-31-18-25(23-9-14-33(27(23)28(31)35)38(36,37)19-21-5-3-2-4-6-21)24-17-22(30-20-34)7-8-26(24)32-15-12-29(10-11-29)13-16-32/h2-9,14,17-18H,10-13,15-16,19H2,1H3. The van der Waals surface area contributed by atoms with Crippen LogP contribution >= 0.6 is 0 Å². The van der Waals surface area contributed by atoms with Gasteiger partial charge in [0.25, 0.3) is 5.56 Å². The zero-order chi connectivity index (χ0) is 26.5. The predicted octanol–water partition coefficient (Wildman–Crippen LogP) is 4.73. The van der Waals surface area contributed by atoms with E-state index in [1.54, 1.807) is 55.7 Å². The lowest BCUT2D eigenvalue weighted by atomic mass is 9.92. The molecule has 4 aromatic rings. The van der Waals surface area contributed by atoms with Crippen LogP contribution in [0, 0.1) is 5.41 Å². The molecule has 0 unspecified atom stereocenters. The molecule has 1 saturated heterocycles. The number of anilines is 1. The number of hydrogen-bond acceptors (Lipinski definition) is 6. The van der Waals surface area contributed by atoms with Crippen molar-refractivity contribution in [2.75, 3.05) is 18.0 Å². The molecule has 2 aromatic heterocycles. The van der Waals surface area contributed by atoms with Crippen LogP contribution in [0.4, 0.5) is 11.4 Å². The smallest absolute Gasteiger partial charge is 0.275 e. The molecule has 0 atom stereocenters. The van der Waals surface area contributed by atoms with E-state index in [1.807, 2.05) is 18.2 Å². The second kappa shape index (κ2) is 9.11. The van der Waals surface area contributed by atoms with Crippen molar-refractivity contribution in [1.29, 1.82) is 0 Å². The SMILES string of the molecule is Cn1cc(-c2cc(N=C=O)ccc2N2CCC3(CC2)CC3)c2ccn(S(=O)(=O)Cc3ccccc3)c2c1=O. The first-order chi connectivity index (χ1) is 18.3. The third kappa shape index (κ3) is 4.27. The Morgan fingerprint density at radius 1 is 0.974 bits per heavy atom. The van der Waals surface area contributed by atoms with Crippen LogP contribution < -0.4 is 10.5 Å². The minimum Gasteiger partial charge on any atom is -0.371 e. The molecule has 38 heavy (non-hydrogen) atoms. The number of carbonyl (C=O) groups excluding carboxylic acids is 1. The van der Waals surface area contributed by atoms with Crippen molar-refractivity contribution in [3.63, 3.8) is 0 Å². The third-order valence-corrected chi connectivity index (χ3v) is 9.65. The maximum atomic E-state index is 13.5. The Kier molecular flexibility index (Phi) is 5.85. The second-order valence-electron chi connectivity index (χ2n) is 10.5. The number of pyridine rings is 1. The van der Waals surface area contributed by atoms with Crippen molar-refractivity contribution in [2.45, 2.75) is 31.4 Å². The van der Waals surface area contributed by atoms with Gasteiger partial charge in [-0.2, -0.15) is 4.99 Å². The zero-order valence-corrected chi connectivity index (χ0v) is 21.9. The fourth-order valence-electron chi connectivity index (χ4n) is 5.67. The van der Waals surface area contributed by atoms with E-state index in [0.717, 1.165) is 41.2 Å². The molecule has 0 radical (unpaired) electrons. The molecule has 2 aromatic carbocycles. The summed E-state index contributed by atoms with van der Waals surface area (Å²) >= 11 is 0. The van der Waals surface area contributed by atoms with Gasteiger partial charge in [0.15, 0.2) is 0 Å². The highest BCUT2D eigenvalue weighted by Gasteiger charge is 2.44. The van der Waals surface area contributed by atoms with Crippen LogP contribution in [0.1, 0.15) is 31.2 Å². The molecule has 0 amide bonds. The summed E-state index contributed by atoms with van der Waals surface area (Å²) in [4.78, 5) is 30.5. The number of piperidine rings is 1. The van der Waals surface area contributed by atoms with Gasteiger partial charge in [0.05, 0.1) is 11.4 Å². The second-order valence-corrected chi connectivity index (χ2v) is 12.3. The van der Waals surface area contributed by atoms with E-state index in [-0.39, 0.29) is 11.3 Å². The quantitative estimate of drug-likeness (QED) is 0.266. The van der Waals surface area contributed by atoms with Gasteiger partial charge in [0.1, 0.15) is 5.52 Å². The molecular weight excluding hydrogens is 500 g/mol. The fraction of sp³-hybridized carbons (Fsp3) is 0.310. The van der Waals surface area contributed by atoms with Gasteiger partial charge >= 0.3 is 0 Å². The first kappa shape index (κ1) is 24.4. The van der Waals surface area contributed by atoms with Crippen molar-refractivity contribution < 1.29 is 13.2 Å². The Morgan fingerprint density at radius 2 is 1.71 bits per heavy atom. The molecule has 8 nitrogen and oxygen atoms in total. The van der Waals surface area contributed by atoms with Crippen LogP contribution in [0.5, 0.6) is 0 Å². The first-order valence-corrected chi connectivity index (χ1v) is 14.4. The number of nitrogens with zero attached hydrogens (tertiary/aromatic N) is 4. The Labute approximate surface area is 220 Å². The molecule has 6 rings (SSSR count). The lowest BCUT2D eigenvalue weighted by Gasteiger charge is -2.35. The minimum absolute atomic E-state index is 0.103. The molecule has 1 spiro atoms. The Bertz CT molecular complexity index is 1750. The molecule has 1 aliphatic carbocycles. The minimum atomic E-state index is -3.87. The van der Waals surface area contributed by atoms with E-state index in [2.05, 4.69) is 9.89 Å². The van der Waals surface area contributed by atoms with Crippen molar-refractivity contribution >= 4 is 38.4 Å². The van der Waals surface area contributed by atoms with E-state index in [1.165, 1.54) is 23.6 Å². The monoisotopic (exact) mass is 528 g/mol. The molecule has 9 heteroatoms. The van der Waals surface area contributed by atoms with Crippen molar-refractivity contribution in [2.24, 2.45) is 17.5 Å². The van der Waals surface area contributed by atoms with Crippen LogP contribution in [0.3, 0.4) is 0 Å². The zero-order valence-electron chi connectivity index (χ0n) is 21.1. The van der Waals surface area contributed by atoms with Crippen LogP contribution in [-0.2, 0) is 27.6 Å². The summed E-state index contributed by atoms with van der Waals surface area (Å²) in [7, 11) is -2.24. The Balaban J connectivity index is 1.51. The largest absolute Gasteiger partial charge is 0.371 e. The summed E-state index contributed by atoms with van der Waals surface area (Å²) in [5, 5.41) is 0.536. The fourth-order valence-corrected chi connectivity index (χ4v) is 7.12. The van der Waals surface area contributed by atoms with Crippen LogP contribution in [0.25, 0.3) is 22.0 Å². The lowest BCUT2D eigenvalue weighted by molar-refractivity contribution is 0.384. The van der Waals surface area contributed by atoms with Gasteiger partial charge in [-0.25, -0.2) is 17.2 Å². The van der Waals surface area contributed by atoms with Gasteiger partial charge in [0.2, 0.25) is 16.1 Å². The van der Waals surface area contributed by atoms with Gasteiger partial charge in [-0.15, -0.1) is 0 Å². The number of aromatic nitrogens is 2. The molecule has 0 N–H and O–H groups in total. The molecular formula is C29H28N4O4S. The maximum Gasteiger partial charge on any atom is 0.275 e. The predicted molar refractivity (Wildman–Crippen MR) is 148 cm³/mol. The molecule has 194 valence electrons. The van der Waals surface area contributed by atoms with E-state index >= 15 is 0 Å². The van der Waals surface area contributed by atoms with Crippen LogP contribution in [-0.4, -0.2) is 36.1 Å². The summed E-state index contributed by atoms with van der Waals surface area (Å²) in [6.45, 7) is 1.84. The summed E-state index contributed by atoms with van der Waals surface area (Å²) in [5.41, 5.74) is 3.79. The summed E-state index contributed by atoms with van der Waals surface area (Å²) in [6, 6.07) is 16.2. The van der Waals surface area contributed by atoms with E-state index in [0.29, 0.717) is 27.6 Å². The molecule has 1 aliphatic heterocycles. The molecule has 1 saturated carbocycles. The number of isocyanates is 1. The summed E-state index contributed by atoms with van der Waals surface area (Å²) in [6.07, 6.45) is 9.67. The maximum absolute atomic E-state index is 13.5. The molecule has 2 aliphatic rings. The average molecular weight is 529 g/mol. The van der Waals surface area contributed by atoms with Gasteiger partial charge in [-0.3, -0.25) is 4.79 Å². The van der Waals surface area contributed by atoms with Crippen molar-refractivity contribution in [3.8, 4) is 11.1 Å². The van der Waals surface area contributed by atoms with Gasteiger partial charge < -0.3 is 9.47 Å². The highest BCUT2D eigenvalue weighted by atomic mass is 32.2. The third-order valence-electron chi connectivity index (χ3n) is 8.05. The van der Waals surface area contributed by atoms with Crippen LogP contribution in [0.15, 0.2) is 76.8 Å². The van der Waals surface area contributed by atoms with E-state index in [4.69, 9.17) is 0 Å². The highest BCUT2D eigenvalue weighted by molar-refractivity contribution is 7.89. The Morgan fingerprint density at radius 3 is 2.39 bits per heavy atom. The van der Waals surface area contributed by atoms with Crippen molar-refractivity contribution in [1.82, 2.24) is 8.54 Å². The molecule has 3 heterocycles. The van der Waals surface area contributed by atoms with E-state index < -0.39 is 15.6 Å². The first-order valence-electron chi connectivity index (χ1n) is 12.8. The number of aryl methyl sites for hydroxylation is 1. The van der Waals surface area contributed by atoms with E-state index in [9.17, 15) is 18.0 Å². The number of benzene rings is 2.